The second-order valence-electron chi connectivity index (χ2n) is 4.07. The maximum Gasteiger partial charge on any atom is 0.167 e. The van der Waals surface area contributed by atoms with E-state index < -0.39 is 5.82 Å². The van der Waals surface area contributed by atoms with Crippen molar-refractivity contribution in [1.82, 2.24) is 0 Å². The molecular formula is C12H16FNO3. The van der Waals surface area contributed by atoms with Crippen LogP contribution in [0.2, 0.25) is 0 Å². The lowest BCUT2D eigenvalue weighted by Gasteiger charge is -2.13. The quantitative estimate of drug-likeness (QED) is 0.817. The van der Waals surface area contributed by atoms with Gasteiger partial charge < -0.3 is 19.9 Å². The number of nitrogens with two attached hydrogens (primary N) is 1. The van der Waals surface area contributed by atoms with Crippen molar-refractivity contribution in [2.75, 3.05) is 32.7 Å². The minimum absolute atomic E-state index is 0.169. The van der Waals surface area contributed by atoms with Gasteiger partial charge in [-0.25, -0.2) is 4.39 Å². The minimum atomic E-state index is -0.470. The molecule has 2 rings (SSSR count). The Morgan fingerprint density at radius 2 is 2.29 bits per heavy atom. The zero-order valence-electron chi connectivity index (χ0n) is 9.74. The van der Waals surface area contributed by atoms with Gasteiger partial charge in [-0.15, -0.1) is 0 Å². The molecule has 1 heterocycles. The van der Waals surface area contributed by atoms with Crippen molar-refractivity contribution in [2.45, 2.75) is 6.42 Å². The van der Waals surface area contributed by atoms with Gasteiger partial charge in [-0.1, -0.05) is 0 Å². The summed E-state index contributed by atoms with van der Waals surface area (Å²) in [7, 11) is 1.48. The van der Waals surface area contributed by atoms with E-state index in [0.29, 0.717) is 24.9 Å². The summed E-state index contributed by atoms with van der Waals surface area (Å²) in [5, 5.41) is 0. The van der Waals surface area contributed by atoms with E-state index in [1.807, 2.05) is 0 Å². The predicted molar refractivity (Wildman–Crippen MR) is 61.8 cm³/mol. The van der Waals surface area contributed by atoms with Crippen LogP contribution in [0.4, 0.5) is 10.1 Å². The van der Waals surface area contributed by atoms with E-state index in [9.17, 15) is 4.39 Å². The Labute approximate surface area is 99.5 Å². The Kier molecular flexibility index (Phi) is 3.68. The third-order valence-corrected chi connectivity index (χ3v) is 2.78. The lowest BCUT2D eigenvalue weighted by Crippen LogP contribution is -2.12. The fourth-order valence-electron chi connectivity index (χ4n) is 1.76. The molecule has 2 N–H and O–H groups in total. The van der Waals surface area contributed by atoms with Crippen LogP contribution in [0.1, 0.15) is 6.42 Å². The number of nitrogen functional groups attached to an aromatic ring is 1. The largest absolute Gasteiger partial charge is 0.494 e. The number of hydrogen-bond acceptors (Lipinski definition) is 4. The van der Waals surface area contributed by atoms with E-state index in [2.05, 4.69) is 0 Å². The third kappa shape index (κ3) is 2.79. The Balaban J connectivity index is 2.03. The Morgan fingerprint density at radius 3 is 2.94 bits per heavy atom. The van der Waals surface area contributed by atoms with E-state index in [4.69, 9.17) is 19.9 Å². The minimum Gasteiger partial charge on any atom is -0.494 e. The Bertz CT molecular complexity index is 392. The molecule has 1 fully saturated rings. The molecule has 0 saturated carbocycles. The lowest BCUT2D eigenvalue weighted by atomic mass is 10.1. The molecule has 1 unspecified atom stereocenters. The van der Waals surface area contributed by atoms with Gasteiger partial charge >= 0.3 is 0 Å². The zero-order valence-corrected chi connectivity index (χ0v) is 9.74. The fraction of sp³-hybridized carbons (Fsp3) is 0.500. The maximum absolute atomic E-state index is 13.5. The molecule has 1 aliphatic heterocycles. The highest BCUT2D eigenvalue weighted by molar-refractivity contribution is 5.56. The second kappa shape index (κ2) is 5.23. The highest BCUT2D eigenvalue weighted by Crippen LogP contribution is 2.30. The Morgan fingerprint density at radius 1 is 1.47 bits per heavy atom. The molecule has 5 heteroatoms. The Hall–Kier alpha value is -1.49. The van der Waals surface area contributed by atoms with Crippen molar-refractivity contribution in [1.29, 1.82) is 0 Å². The molecule has 1 aromatic rings. The number of rotatable bonds is 4. The molecule has 1 aromatic carbocycles. The smallest absolute Gasteiger partial charge is 0.167 e. The van der Waals surface area contributed by atoms with E-state index in [-0.39, 0.29) is 11.4 Å². The second-order valence-corrected chi connectivity index (χ2v) is 4.07. The summed E-state index contributed by atoms with van der Waals surface area (Å²) in [5.41, 5.74) is 5.84. The van der Waals surface area contributed by atoms with E-state index in [1.54, 1.807) is 0 Å². The van der Waals surface area contributed by atoms with Crippen molar-refractivity contribution in [3.63, 3.8) is 0 Å². The third-order valence-electron chi connectivity index (χ3n) is 2.78. The van der Waals surface area contributed by atoms with Gasteiger partial charge in [0.25, 0.3) is 0 Å². The summed E-state index contributed by atoms with van der Waals surface area (Å²) in [6, 6.07) is 2.68. The van der Waals surface area contributed by atoms with Crippen molar-refractivity contribution < 1.29 is 18.6 Å². The molecule has 1 saturated heterocycles. The first kappa shape index (κ1) is 12.0. The average Bonchev–Trinajstić information content (AvgIpc) is 2.81. The van der Waals surface area contributed by atoms with Gasteiger partial charge in [0.1, 0.15) is 5.75 Å². The number of anilines is 1. The molecule has 0 aromatic heterocycles. The summed E-state index contributed by atoms with van der Waals surface area (Å²) < 4.78 is 29.2. The SMILES string of the molecule is COc1cc(OCC2CCOC2)c(F)cc1N. The lowest BCUT2D eigenvalue weighted by molar-refractivity contribution is 0.165. The van der Waals surface area contributed by atoms with Crippen LogP contribution in [0.15, 0.2) is 12.1 Å². The molecule has 17 heavy (non-hydrogen) atoms. The molecule has 1 atom stereocenters. The van der Waals surface area contributed by atoms with Crippen molar-refractivity contribution in [2.24, 2.45) is 5.92 Å². The van der Waals surface area contributed by atoms with Crippen LogP contribution in [0, 0.1) is 11.7 Å². The van der Waals surface area contributed by atoms with Gasteiger partial charge in [0.05, 0.1) is 26.0 Å². The summed E-state index contributed by atoms with van der Waals surface area (Å²) >= 11 is 0. The molecular weight excluding hydrogens is 225 g/mol. The standard InChI is InChI=1S/C12H16FNO3/c1-15-12-5-11(9(13)4-10(12)14)17-7-8-2-3-16-6-8/h4-5,8H,2-3,6-7,14H2,1H3. The summed E-state index contributed by atoms with van der Waals surface area (Å²) in [6.45, 7) is 1.87. The van der Waals surface area contributed by atoms with Crippen LogP contribution in [0.5, 0.6) is 11.5 Å². The number of methoxy groups -OCH3 is 1. The van der Waals surface area contributed by atoms with E-state index >= 15 is 0 Å². The van der Waals surface area contributed by atoms with Crippen LogP contribution in [-0.4, -0.2) is 26.9 Å². The van der Waals surface area contributed by atoms with Gasteiger partial charge in [-0.3, -0.25) is 0 Å². The summed E-state index contributed by atoms with van der Waals surface area (Å²) in [4.78, 5) is 0. The number of halogens is 1. The number of benzene rings is 1. The van der Waals surface area contributed by atoms with Crippen LogP contribution in [0.25, 0.3) is 0 Å². The zero-order chi connectivity index (χ0) is 12.3. The summed E-state index contributed by atoms with van der Waals surface area (Å²) in [6.07, 6.45) is 0.952. The monoisotopic (exact) mass is 241 g/mol. The maximum atomic E-state index is 13.5. The predicted octanol–water partition coefficient (Wildman–Crippen LogP) is 1.83. The highest BCUT2D eigenvalue weighted by Gasteiger charge is 2.17. The fourth-order valence-corrected chi connectivity index (χ4v) is 1.76. The summed E-state index contributed by atoms with van der Waals surface area (Å²) in [5.74, 6) is 0.451. The van der Waals surface area contributed by atoms with E-state index in [1.165, 1.54) is 19.2 Å². The molecule has 4 nitrogen and oxygen atoms in total. The normalized spacial score (nSPS) is 19.3. The topological polar surface area (TPSA) is 53.7 Å². The van der Waals surface area contributed by atoms with Crippen LogP contribution >= 0.6 is 0 Å². The molecule has 0 spiro atoms. The number of hydrogen-bond donors (Lipinski definition) is 1. The molecule has 0 amide bonds. The van der Waals surface area contributed by atoms with Crippen molar-refractivity contribution in [3.05, 3.63) is 17.9 Å². The number of ether oxygens (including phenoxy) is 3. The van der Waals surface area contributed by atoms with Gasteiger partial charge in [-0.05, 0) is 6.42 Å². The van der Waals surface area contributed by atoms with Crippen LogP contribution in [0.3, 0.4) is 0 Å². The van der Waals surface area contributed by atoms with Crippen LogP contribution in [-0.2, 0) is 4.74 Å². The van der Waals surface area contributed by atoms with Gasteiger partial charge in [0, 0.05) is 24.7 Å². The molecule has 94 valence electrons. The molecule has 0 aliphatic carbocycles. The van der Waals surface area contributed by atoms with Crippen LogP contribution < -0.4 is 15.2 Å². The van der Waals surface area contributed by atoms with Crippen molar-refractivity contribution in [3.8, 4) is 11.5 Å². The van der Waals surface area contributed by atoms with Gasteiger partial charge in [0.15, 0.2) is 11.6 Å². The first-order valence-corrected chi connectivity index (χ1v) is 5.54. The first-order valence-electron chi connectivity index (χ1n) is 5.54. The van der Waals surface area contributed by atoms with Crippen molar-refractivity contribution >= 4 is 5.69 Å². The van der Waals surface area contributed by atoms with Gasteiger partial charge in [0.2, 0.25) is 0 Å². The first-order chi connectivity index (χ1) is 8.20. The van der Waals surface area contributed by atoms with E-state index in [0.717, 1.165) is 13.0 Å². The molecule has 0 radical (unpaired) electrons. The highest BCUT2D eigenvalue weighted by atomic mass is 19.1. The molecule has 0 bridgehead atoms. The van der Waals surface area contributed by atoms with Gasteiger partial charge in [-0.2, -0.15) is 0 Å². The molecule has 1 aliphatic rings. The average molecular weight is 241 g/mol.